The number of aryl methyl sites for hydroxylation is 3. The molecule has 10 nitrogen and oxygen atoms in total. The van der Waals surface area contributed by atoms with E-state index in [1.807, 2.05) is 19.9 Å². The number of aromatic nitrogens is 4. The van der Waals surface area contributed by atoms with E-state index in [1.54, 1.807) is 13.0 Å². The first-order valence-electron chi connectivity index (χ1n) is 10.2. The van der Waals surface area contributed by atoms with Crippen molar-refractivity contribution in [2.24, 2.45) is 0 Å². The second kappa shape index (κ2) is 8.08. The highest BCUT2D eigenvalue weighted by atomic mass is 19.1. The van der Waals surface area contributed by atoms with Crippen molar-refractivity contribution in [3.8, 4) is 5.95 Å². The van der Waals surface area contributed by atoms with Gasteiger partial charge in [-0.2, -0.15) is 9.78 Å². The van der Waals surface area contributed by atoms with E-state index in [0.29, 0.717) is 17.1 Å². The molecule has 1 aliphatic heterocycles. The Kier molecular flexibility index (Phi) is 5.40. The van der Waals surface area contributed by atoms with Gasteiger partial charge in [-0.1, -0.05) is 12.1 Å². The third-order valence-corrected chi connectivity index (χ3v) is 5.26. The molecule has 33 heavy (non-hydrogen) atoms. The van der Waals surface area contributed by atoms with Crippen molar-refractivity contribution < 1.29 is 18.8 Å². The minimum atomic E-state index is -1.41. The number of anilines is 1. The number of amides is 4. The summed E-state index contributed by atoms with van der Waals surface area (Å²) in [7, 11) is 0. The van der Waals surface area contributed by atoms with Crippen LogP contribution in [-0.2, 0) is 15.1 Å². The van der Waals surface area contributed by atoms with Gasteiger partial charge in [0, 0.05) is 17.5 Å². The second-order valence-corrected chi connectivity index (χ2v) is 8.03. The summed E-state index contributed by atoms with van der Waals surface area (Å²) in [6.07, 6.45) is 0. The lowest BCUT2D eigenvalue weighted by molar-refractivity contribution is -0.133. The number of halogens is 1. The first-order chi connectivity index (χ1) is 15.6. The topological polar surface area (TPSA) is 122 Å². The summed E-state index contributed by atoms with van der Waals surface area (Å²) in [4.78, 5) is 47.8. The Morgan fingerprint density at radius 1 is 1.06 bits per heavy atom. The Morgan fingerprint density at radius 2 is 1.70 bits per heavy atom. The number of hydrogen-bond donors (Lipinski definition) is 2. The molecule has 170 valence electrons. The lowest BCUT2D eigenvalue weighted by atomic mass is 9.92. The Morgan fingerprint density at radius 3 is 2.33 bits per heavy atom. The van der Waals surface area contributed by atoms with E-state index < -0.39 is 35.7 Å². The standard InChI is InChI=1S/C22H22FN7O3/c1-12-9-13(2)25-20(24-12)30-17(10-14(3)28-30)26-18(31)11-29-19(32)22(4,27-21(29)33)15-5-7-16(23)8-6-15/h5-10H,11H2,1-4H3,(H,26,31)(H,27,33). The molecule has 1 atom stereocenters. The number of benzene rings is 1. The maximum atomic E-state index is 13.3. The normalized spacial score (nSPS) is 17.9. The molecule has 0 aliphatic carbocycles. The largest absolute Gasteiger partial charge is 0.325 e. The molecule has 2 aromatic heterocycles. The van der Waals surface area contributed by atoms with E-state index in [2.05, 4.69) is 25.7 Å². The van der Waals surface area contributed by atoms with Crippen LogP contribution in [0, 0.1) is 26.6 Å². The van der Waals surface area contributed by atoms with E-state index in [9.17, 15) is 18.8 Å². The van der Waals surface area contributed by atoms with Crippen LogP contribution in [0.3, 0.4) is 0 Å². The fraction of sp³-hybridized carbons (Fsp3) is 0.273. The number of hydrogen-bond acceptors (Lipinski definition) is 6. The number of carbonyl (C=O) groups excluding carboxylic acids is 3. The molecule has 1 aromatic carbocycles. The van der Waals surface area contributed by atoms with Gasteiger partial charge in [-0.25, -0.2) is 19.2 Å². The minimum absolute atomic E-state index is 0.287. The van der Waals surface area contributed by atoms with Crippen LogP contribution >= 0.6 is 0 Å². The van der Waals surface area contributed by atoms with Crippen molar-refractivity contribution in [2.45, 2.75) is 33.2 Å². The van der Waals surface area contributed by atoms with Gasteiger partial charge in [0.15, 0.2) is 0 Å². The quantitative estimate of drug-likeness (QED) is 0.573. The van der Waals surface area contributed by atoms with Gasteiger partial charge in [0.25, 0.3) is 11.9 Å². The molecule has 3 aromatic rings. The van der Waals surface area contributed by atoms with Gasteiger partial charge in [0.05, 0.1) is 5.69 Å². The fourth-order valence-electron chi connectivity index (χ4n) is 3.69. The Hall–Kier alpha value is -4.15. The average Bonchev–Trinajstić information content (AvgIpc) is 3.20. The molecule has 1 unspecified atom stereocenters. The molecule has 1 saturated heterocycles. The lowest BCUT2D eigenvalue weighted by Gasteiger charge is -2.22. The molecule has 11 heteroatoms. The number of nitrogens with zero attached hydrogens (tertiary/aromatic N) is 5. The van der Waals surface area contributed by atoms with Crippen LogP contribution in [-0.4, -0.2) is 49.0 Å². The van der Waals surface area contributed by atoms with Crippen LogP contribution in [0.25, 0.3) is 5.95 Å². The smallest absolute Gasteiger partial charge is 0.319 e. The van der Waals surface area contributed by atoms with Gasteiger partial charge in [0.2, 0.25) is 5.91 Å². The lowest BCUT2D eigenvalue weighted by Crippen LogP contribution is -2.42. The average molecular weight is 451 g/mol. The number of urea groups is 1. The van der Waals surface area contributed by atoms with Crippen LogP contribution in [0.15, 0.2) is 36.4 Å². The van der Waals surface area contributed by atoms with Gasteiger partial charge < -0.3 is 10.6 Å². The molecular formula is C22H22FN7O3. The maximum absolute atomic E-state index is 13.3. The third kappa shape index (κ3) is 4.16. The molecule has 0 radical (unpaired) electrons. The zero-order chi connectivity index (χ0) is 23.9. The number of nitrogens with one attached hydrogen (secondary N) is 2. The summed E-state index contributed by atoms with van der Waals surface area (Å²) in [5.74, 6) is -1.09. The summed E-state index contributed by atoms with van der Waals surface area (Å²) >= 11 is 0. The summed E-state index contributed by atoms with van der Waals surface area (Å²) < 4.78 is 14.7. The van der Waals surface area contributed by atoms with E-state index in [4.69, 9.17) is 0 Å². The number of rotatable bonds is 5. The highest BCUT2D eigenvalue weighted by molar-refractivity contribution is 6.10. The molecule has 0 spiro atoms. The van der Waals surface area contributed by atoms with Crippen molar-refractivity contribution in [3.63, 3.8) is 0 Å². The molecule has 2 N–H and O–H groups in total. The van der Waals surface area contributed by atoms with E-state index in [0.717, 1.165) is 16.3 Å². The van der Waals surface area contributed by atoms with Gasteiger partial charge in [-0.05, 0) is 51.5 Å². The zero-order valence-corrected chi connectivity index (χ0v) is 18.5. The van der Waals surface area contributed by atoms with Crippen molar-refractivity contribution in [1.82, 2.24) is 30.0 Å². The van der Waals surface area contributed by atoms with Crippen molar-refractivity contribution in [1.29, 1.82) is 0 Å². The molecule has 1 aliphatic rings. The van der Waals surface area contributed by atoms with Crippen LogP contribution in [0.5, 0.6) is 0 Å². The Balaban J connectivity index is 1.53. The summed E-state index contributed by atoms with van der Waals surface area (Å²) in [6.45, 7) is 6.39. The van der Waals surface area contributed by atoms with Gasteiger partial charge in [0.1, 0.15) is 23.7 Å². The highest BCUT2D eigenvalue weighted by Gasteiger charge is 2.49. The molecular weight excluding hydrogens is 429 g/mol. The molecule has 4 amide bonds. The van der Waals surface area contributed by atoms with Crippen LogP contribution in [0.2, 0.25) is 0 Å². The van der Waals surface area contributed by atoms with Gasteiger partial charge in [-0.3, -0.25) is 14.5 Å². The molecule has 4 rings (SSSR count). The molecule has 0 saturated carbocycles. The summed E-state index contributed by atoms with van der Waals surface area (Å²) in [5.41, 5.74) is 1.10. The monoisotopic (exact) mass is 451 g/mol. The van der Waals surface area contributed by atoms with Crippen LogP contribution in [0.4, 0.5) is 15.0 Å². The minimum Gasteiger partial charge on any atom is -0.319 e. The van der Waals surface area contributed by atoms with Crippen LogP contribution in [0.1, 0.15) is 29.6 Å². The Bertz CT molecular complexity index is 1250. The van der Waals surface area contributed by atoms with Gasteiger partial charge in [-0.15, -0.1) is 0 Å². The molecule has 0 bridgehead atoms. The first kappa shape index (κ1) is 22.1. The number of imide groups is 1. The van der Waals surface area contributed by atoms with E-state index >= 15 is 0 Å². The summed E-state index contributed by atoms with van der Waals surface area (Å²) in [6, 6.07) is 7.97. The predicted molar refractivity (Wildman–Crippen MR) is 116 cm³/mol. The zero-order valence-electron chi connectivity index (χ0n) is 18.5. The fourth-order valence-corrected chi connectivity index (χ4v) is 3.69. The molecule has 3 heterocycles. The van der Waals surface area contributed by atoms with E-state index in [-0.39, 0.29) is 5.95 Å². The number of carbonyl (C=O) groups is 3. The Labute approximate surface area is 188 Å². The summed E-state index contributed by atoms with van der Waals surface area (Å²) in [5, 5.41) is 9.59. The maximum Gasteiger partial charge on any atom is 0.325 e. The highest BCUT2D eigenvalue weighted by Crippen LogP contribution is 2.29. The van der Waals surface area contributed by atoms with Crippen molar-refractivity contribution in [3.05, 3.63) is 64.9 Å². The van der Waals surface area contributed by atoms with Gasteiger partial charge >= 0.3 is 6.03 Å². The van der Waals surface area contributed by atoms with Crippen LogP contribution < -0.4 is 10.6 Å². The third-order valence-electron chi connectivity index (χ3n) is 5.26. The SMILES string of the molecule is Cc1cc(C)nc(-n2nc(C)cc2NC(=O)CN2C(=O)NC(C)(c3ccc(F)cc3)C2=O)n1. The molecule has 1 fully saturated rings. The van der Waals surface area contributed by atoms with Crippen molar-refractivity contribution in [2.75, 3.05) is 11.9 Å². The first-order valence-corrected chi connectivity index (χ1v) is 10.2. The predicted octanol–water partition coefficient (Wildman–Crippen LogP) is 2.13. The van der Waals surface area contributed by atoms with Crippen molar-refractivity contribution >= 4 is 23.7 Å². The second-order valence-electron chi connectivity index (χ2n) is 8.03. The van der Waals surface area contributed by atoms with E-state index in [1.165, 1.54) is 35.9 Å².